The molecule has 0 unspecified atom stereocenters. The largest absolute Gasteiger partial charge is 0.748 e. The third-order valence-electron chi connectivity index (χ3n) is 2.49. The van der Waals surface area contributed by atoms with Gasteiger partial charge in [-0.3, -0.25) is 0 Å². The molecule has 0 aromatic heterocycles. The highest BCUT2D eigenvalue weighted by molar-refractivity contribution is 7.99. The van der Waals surface area contributed by atoms with Crippen LogP contribution in [0.4, 0.5) is 0 Å². The number of nitrogens with one attached hydrogen (secondary N) is 1. The van der Waals surface area contributed by atoms with Crippen molar-refractivity contribution in [3.63, 3.8) is 0 Å². The Labute approximate surface area is 117 Å². The summed E-state index contributed by atoms with van der Waals surface area (Å²) in [6.45, 7) is 14.6. The van der Waals surface area contributed by atoms with Crippen molar-refractivity contribution in [1.82, 2.24) is 0 Å². The summed E-state index contributed by atoms with van der Waals surface area (Å²) < 4.78 is 30.3. The van der Waals surface area contributed by atoms with E-state index in [1.165, 1.54) is 19.6 Å². The molecule has 0 aromatic rings. The monoisotopic (exact) mass is 299 g/mol. The summed E-state index contributed by atoms with van der Waals surface area (Å²) >= 11 is 1.67. The van der Waals surface area contributed by atoms with E-state index < -0.39 is 10.1 Å². The Balaban J connectivity index is 0. The van der Waals surface area contributed by atoms with Gasteiger partial charge in [0.2, 0.25) is 0 Å². The standard InChI is InChI=1S/C6H15N.C6H14O3S2/c1-4-7(5-2)6-3;1-6(2)10-4-3-5-11(7,8)9/h4-6H2,1-3H3;6H,3-5H2,1-2H3,(H,7,8,9). The lowest BCUT2D eigenvalue weighted by Gasteiger charge is -2.10. The molecular formula is C12H29NO3S2. The third-order valence-corrected chi connectivity index (χ3v) is 4.47. The lowest BCUT2D eigenvalue weighted by Crippen LogP contribution is -3.11. The van der Waals surface area contributed by atoms with Gasteiger partial charge in [-0.25, -0.2) is 8.42 Å². The molecule has 0 spiro atoms. The predicted molar refractivity (Wildman–Crippen MR) is 79.4 cm³/mol. The molecule has 0 radical (unpaired) electrons. The molecule has 1 N–H and O–H groups in total. The molecule has 4 nitrogen and oxygen atoms in total. The van der Waals surface area contributed by atoms with Crippen molar-refractivity contribution < 1.29 is 17.9 Å². The first-order valence-electron chi connectivity index (χ1n) is 6.65. The number of hydrogen-bond acceptors (Lipinski definition) is 4. The van der Waals surface area contributed by atoms with Crippen LogP contribution < -0.4 is 4.90 Å². The van der Waals surface area contributed by atoms with Crippen molar-refractivity contribution >= 4 is 21.9 Å². The van der Waals surface area contributed by atoms with Gasteiger partial charge in [0.1, 0.15) is 0 Å². The minimum atomic E-state index is -3.99. The quantitative estimate of drug-likeness (QED) is 0.536. The zero-order chi connectivity index (χ0) is 14.6. The van der Waals surface area contributed by atoms with E-state index in [1.807, 2.05) is 13.8 Å². The van der Waals surface area contributed by atoms with Crippen LogP contribution in [-0.4, -0.2) is 49.4 Å². The van der Waals surface area contributed by atoms with Crippen LogP contribution in [0.3, 0.4) is 0 Å². The number of hydrogen-bond donors (Lipinski definition) is 1. The fraction of sp³-hybridized carbons (Fsp3) is 1.00. The van der Waals surface area contributed by atoms with Gasteiger partial charge in [-0.1, -0.05) is 13.8 Å². The Bertz CT molecular complexity index is 257. The molecule has 112 valence electrons. The molecule has 0 amide bonds. The van der Waals surface area contributed by atoms with Crippen LogP contribution in [0.25, 0.3) is 0 Å². The second-order valence-corrected chi connectivity index (χ2v) is 7.55. The normalized spacial score (nSPS) is 11.6. The molecule has 0 heterocycles. The van der Waals surface area contributed by atoms with Gasteiger partial charge in [0.15, 0.2) is 0 Å². The van der Waals surface area contributed by atoms with Gasteiger partial charge in [-0.05, 0) is 38.2 Å². The molecule has 0 aliphatic carbocycles. The molecule has 0 aliphatic rings. The number of rotatable bonds is 8. The van der Waals surface area contributed by atoms with Crippen LogP contribution in [-0.2, 0) is 10.1 Å². The first-order chi connectivity index (χ1) is 8.26. The summed E-state index contributed by atoms with van der Waals surface area (Å²) in [4.78, 5) is 1.68. The van der Waals surface area contributed by atoms with Crippen LogP contribution in [0, 0.1) is 0 Å². The Morgan fingerprint density at radius 1 is 1.11 bits per heavy atom. The predicted octanol–water partition coefficient (Wildman–Crippen LogP) is 0.994. The zero-order valence-corrected chi connectivity index (χ0v) is 14.0. The van der Waals surface area contributed by atoms with Gasteiger partial charge in [-0.2, -0.15) is 11.8 Å². The molecule has 18 heavy (non-hydrogen) atoms. The summed E-state index contributed by atoms with van der Waals surface area (Å²) in [7, 11) is -3.99. The van der Waals surface area contributed by atoms with Gasteiger partial charge in [0, 0.05) is 5.75 Å². The summed E-state index contributed by atoms with van der Waals surface area (Å²) in [5, 5.41) is 0.504. The first kappa shape index (κ1) is 20.5. The average molecular weight is 300 g/mol. The van der Waals surface area contributed by atoms with Crippen molar-refractivity contribution in [3.05, 3.63) is 0 Å². The second-order valence-electron chi connectivity index (χ2n) is 4.35. The van der Waals surface area contributed by atoms with E-state index in [0.29, 0.717) is 11.7 Å². The van der Waals surface area contributed by atoms with Crippen LogP contribution in [0.5, 0.6) is 0 Å². The molecular weight excluding hydrogens is 270 g/mol. The molecule has 6 heteroatoms. The van der Waals surface area contributed by atoms with Crippen molar-refractivity contribution in [2.45, 2.75) is 46.3 Å². The summed E-state index contributed by atoms with van der Waals surface area (Å²) in [5.74, 6) is 0.520. The molecule has 0 atom stereocenters. The molecule has 0 saturated heterocycles. The van der Waals surface area contributed by atoms with Crippen LogP contribution >= 0.6 is 11.8 Å². The van der Waals surface area contributed by atoms with Gasteiger partial charge in [0.25, 0.3) is 0 Å². The van der Waals surface area contributed by atoms with Crippen molar-refractivity contribution in [1.29, 1.82) is 0 Å². The minimum absolute atomic E-state index is 0.229. The Hall–Kier alpha value is 0.220. The highest BCUT2D eigenvalue weighted by Gasteiger charge is 1.97. The zero-order valence-electron chi connectivity index (χ0n) is 12.4. The molecule has 0 bridgehead atoms. The fourth-order valence-electron chi connectivity index (χ4n) is 1.30. The Kier molecular flexibility index (Phi) is 14.0. The molecule has 0 fully saturated rings. The third kappa shape index (κ3) is 18.6. The van der Waals surface area contributed by atoms with Crippen molar-refractivity contribution in [2.24, 2.45) is 0 Å². The Morgan fingerprint density at radius 2 is 1.56 bits per heavy atom. The van der Waals surface area contributed by atoms with Gasteiger partial charge in [0.05, 0.1) is 29.8 Å². The average Bonchev–Trinajstić information content (AvgIpc) is 2.26. The van der Waals surface area contributed by atoms with Crippen molar-refractivity contribution in [3.8, 4) is 0 Å². The molecule has 0 saturated carbocycles. The molecule has 0 rings (SSSR count). The topological polar surface area (TPSA) is 61.6 Å². The maximum atomic E-state index is 10.1. The molecule has 0 aromatic carbocycles. The lowest BCUT2D eigenvalue weighted by atomic mass is 10.5. The number of thioether (sulfide) groups is 1. The lowest BCUT2D eigenvalue weighted by molar-refractivity contribution is -0.894. The SMILES string of the molecule is CC(C)SCCCS(=O)(=O)[O-].CC[NH+](CC)CC. The van der Waals surface area contributed by atoms with E-state index in [2.05, 4.69) is 20.8 Å². The van der Waals surface area contributed by atoms with E-state index in [4.69, 9.17) is 0 Å². The van der Waals surface area contributed by atoms with E-state index in [9.17, 15) is 13.0 Å². The highest BCUT2D eigenvalue weighted by Crippen LogP contribution is 2.10. The van der Waals surface area contributed by atoms with Gasteiger partial charge in [-0.15, -0.1) is 0 Å². The minimum Gasteiger partial charge on any atom is -0.748 e. The van der Waals surface area contributed by atoms with E-state index in [0.717, 1.165) is 5.75 Å². The van der Waals surface area contributed by atoms with E-state index >= 15 is 0 Å². The van der Waals surface area contributed by atoms with Crippen LogP contribution in [0.1, 0.15) is 41.0 Å². The summed E-state index contributed by atoms with van der Waals surface area (Å²) in [6.07, 6.45) is 0.467. The van der Waals surface area contributed by atoms with E-state index in [1.54, 1.807) is 16.7 Å². The summed E-state index contributed by atoms with van der Waals surface area (Å²) in [5.41, 5.74) is 0. The first-order valence-corrected chi connectivity index (χ1v) is 9.28. The van der Waals surface area contributed by atoms with E-state index in [-0.39, 0.29) is 5.75 Å². The fourth-order valence-corrected chi connectivity index (χ4v) is 2.77. The van der Waals surface area contributed by atoms with Crippen LogP contribution in [0.2, 0.25) is 0 Å². The van der Waals surface area contributed by atoms with Gasteiger partial charge < -0.3 is 9.45 Å². The number of quaternary nitrogens is 1. The van der Waals surface area contributed by atoms with Crippen molar-refractivity contribution in [2.75, 3.05) is 31.1 Å². The Morgan fingerprint density at radius 3 is 1.78 bits per heavy atom. The maximum Gasteiger partial charge on any atom is 0.0946 e. The smallest absolute Gasteiger partial charge is 0.0946 e. The van der Waals surface area contributed by atoms with Gasteiger partial charge >= 0.3 is 0 Å². The summed E-state index contributed by atoms with van der Waals surface area (Å²) in [6, 6.07) is 0. The van der Waals surface area contributed by atoms with Crippen LogP contribution in [0.15, 0.2) is 0 Å². The second kappa shape index (κ2) is 12.3. The maximum absolute atomic E-state index is 10.1. The molecule has 0 aliphatic heterocycles. The highest BCUT2D eigenvalue weighted by atomic mass is 32.2.